The van der Waals surface area contributed by atoms with Crippen molar-refractivity contribution in [2.24, 2.45) is 0 Å². The molecule has 0 aromatic carbocycles. The average Bonchev–Trinajstić information content (AvgIpc) is 2.76. The zero-order valence-corrected chi connectivity index (χ0v) is 19.9. The van der Waals surface area contributed by atoms with Crippen LogP contribution >= 0.6 is 0 Å². The maximum Gasteiger partial charge on any atom is 0.110 e. The summed E-state index contributed by atoms with van der Waals surface area (Å²) in [6.45, 7) is 8.53. The SMILES string of the molecule is C.CCC(O)(CO)CO.CCCCCCO.CCCCCCO.CCCCCCO. The lowest BCUT2D eigenvalue weighted by Gasteiger charge is -2.19. The molecule has 0 bridgehead atoms. The molecule has 6 nitrogen and oxygen atoms in total. The molecule has 0 aromatic heterocycles. The first-order chi connectivity index (χ1) is 13.9. The molecule has 30 heavy (non-hydrogen) atoms. The molecule has 6 N–H and O–H groups in total. The molecule has 0 atom stereocenters. The Bertz CT molecular complexity index is 192. The Balaban J connectivity index is -0.0000000917. The van der Waals surface area contributed by atoms with Crippen LogP contribution < -0.4 is 0 Å². The van der Waals surface area contributed by atoms with Gasteiger partial charge in [-0.3, -0.25) is 0 Å². The Kier molecular flexibility index (Phi) is 52.5. The van der Waals surface area contributed by atoms with Crippen LogP contribution in [-0.4, -0.2) is 69.3 Å². The minimum atomic E-state index is -1.26. The van der Waals surface area contributed by atoms with Gasteiger partial charge in [-0.05, 0) is 25.7 Å². The lowest BCUT2D eigenvalue weighted by atomic mass is 10.0. The summed E-state index contributed by atoms with van der Waals surface area (Å²) in [5.41, 5.74) is -1.26. The van der Waals surface area contributed by atoms with Crippen molar-refractivity contribution >= 4 is 0 Å². The molecule has 6 heteroatoms. The van der Waals surface area contributed by atoms with Gasteiger partial charge in [0, 0.05) is 19.8 Å². The Morgan fingerprint density at radius 1 is 0.467 bits per heavy atom. The molecule has 0 rings (SSSR count). The molecule has 0 aliphatic heterocycles. The second-order valence-corrected chi connectivity index (χ2v) is 7.25. The summed E-state index contributed by atoms with van der Waals surface area (Å²) in [6.07, 6.45) is 14.4. The van der Waals surface area contributed by atoms with Crippen molar-refractivity contribution in [3.05, 3.63) is 0 Å². The maximum atomic E-state index is 8.94. The third-order valence-corrected chi connectivity index (χ3v) is 4.28. The Morgan fingerprint density at radius 2 is 0.733 bits per heavy atom. The van der Waals surface area contributed by atoms with E-state index in [1.54, 1.807) is 6.92 Å². The fraction of sp³-hybridized carbons (Fsp3) is 1.00. The molecule has 0 aromatic rings. The van der Waals surface area contributed by atoms with Crippen molar-refractivity contribution in [2.45, 2.75) is 124 Å². The van der Waals surface area contributed by atoms with Crippen LogP contribution in [0.1, 0.15) is 119 Å². The van der Waals surface area contributed by atoms with Gasteiger partial charge in [0.15, 0.2) is 0 Å². The summed E-state index contributed by atoms with van der Waals surface area (Å²) in [6, 6.07) is 0. The maximum absolute atomic E-state index is 8.94. The lowest BCUT2D eigenvalue weighted by molar-refractivity contribution is -0.0568. The number of unbranched alkanes of at least 4 members (excludes halogenated alkanes) is 9. The monoisotopic (exact) mass is 442 g/mol. The Hall–Kier alpha value is -0.240. The van der Waals surface area contributed by atoms with E-state index < -0.39 is 5.60 Å². The van der Waals surface area contributed by atoms with Gasteiger partial charge in [-0.15, -0.1) is 0 Å². The summed E-state index contributed by atoms with van der Waals surface area (Å²) in [5.74, 6) is 0. The third-order valence-electron chi connectivity index (χ3n) is 4.28. The fourth-order valence-corrected chi connectivity index (χ4v) is 1.89. The highest BCUT2D eigenvalue weighted by atomic mass is 16.4. The van der Waals surface area contributed by atoms with Gasteiger partial charge < -0.3 is 30.6 Å². The summed E-state index contributed by atoms with van der Waals surface area (Å²) >= 11 is 0. The highest BCUT2D eigenvalue weighted by Gasteiger charge is 2.21. The fourth-order valence-electron chi connectivity index (χ4n) is 1.89. The minimum Gasteiger partial charge on any atom is -0.396 e. The first-order valence-corrected chi connectivity index (χ1v) is 11.7. The standard InChI is InChI=1S/3C6H14O.C5H12O3.CH4/c3*1-2-3-4-5-6-7;1-2-5(8,3-6)4-7;/h3*7H,2-6H2,1H3;6-8H,2-4H2,1H3;1H4. The van der Waals surface area contributed by atoms with E-state index in [0.29, 0.717) is 26.2 Å². The van der Waals surface area contributed by atoms with Crippen molar-refractivity contribution in [3.63, 3.8) is 0 Å². The highest BCUT2D eigenvalue weighted by molar-refractivity contribution is 4.72. The predicted molar refractivity (Wildman–Crippen MR) is 130 cm³/mol. The molecule has 0 spiro atoms. The number of hydrogen-bond acceptors (Lipinski definition) is 6. The second kappa shape index (κ2) is 39.3. The van der Waals surface area contributed by atoms with Crippen LogP contribution in [0.2, 0.25) is 0 Å². The van der Waals surface area contributed by atoms with Crippen molar-refractivity contribution in [3.8, 4) is 0 Å². The second-order valence-electron chi connectivity index (χ2n) is 7.25. The van der Waals surface area contributed by atoms with Gasteiger partial charge in [0.25, 0.3) is 0 Å². The molecule has 0 radical (unpaired) electrons. The van der Waals surface area contributed by atoms with Gasteiger partial charge in [0.05, 0.1) is 13.2 Å². The van der Waals surface area contributed by atoms with E-state index in [-0.39, 0.29) is 20.6 Å². The predicted octanol–water partition coefficient (Wildman–Crippen LogP) is 4.43. The summed E-state index contributed by atoms with van der Waals surface area (Å²) in [7, 11) is 0. The van der Waals surface area contributed by atoms with Crippen LogP contribution in [0.3, 0.4) is 0 Å². The zero-order valence-electron chi connectivity index (χ0n) is 19.9. The first-order valence-electron chi connectivity index (χ1n) is 11.7. The van der Waals surface area contributed by atoms with E-state index in [0.717, 1.165) is 19.3 Å². The normalized spacial score (nSPS) is 9.80. The molecule has 0 aliphatic carbocycles. The van der Waals surface area contributed by atoms with E-state index in [2.05, 4.69) is 20.8 Å². The molecule has 0 unspecified atom stereocenters. The van der Waals surface area contributed by atoms with Crippen molar-refractivity contribution < 1.29 is 30.6 Å². The number of rotatable bonds is 15. The molecule has 0 heterocycles. The van der Waals surface area contributed by atoms with Crippen LogP contribution in [0.15, 0.2) is 0 Å². The topological polar surface area (TPSA) is 121 Å². The molecule has 0 saturated carbocycles. The molecule has 0 fully saturated rings. The Labute approximate surface area is 188 Å². The molecule has 0 aliphatic rings. The number of aliphatic hydroxyl groups is 6. The van der Waals surface area contributed by atoms with Gasteiger partial charge in [-0.25, -0.2) is 0 Å². The van der Waals surface area contributed by atoms with E-state index in [4.69, 9.17) is 30.6 Å². The molecular weight excluding hydrogens is 384 g/mol. The first kappa shape index (κ1) is 40.2. The van der Waals surface area contributed by atoms with Gasteiger partial charge in [-0.1, -0.05) is 92.9 Å². The van der Waals surface area contributed by atoms with E-state index in [9.17, 15) is 0 Å². The largest absolute Gasteiger partial charge is 0.396 e. The van der Waals surface area contributed by atoms with Gasteiger partial charge >= 0.3 is 0 Å². The van der Waals surface area contributed by atoms with Crippen LogP contribution in [-0.2, 0) is 0 Å². The number of hydrogen-bond donors (Lipinski definition) is 6. The van der Waals surface area contributed by atoms with Gasteiger partial charge in [0.1, 0.15) is 5.60 Å². The molecule has 190 valence electrons. The van der Waals surface area contributed by atoms with E-state index in [1.807, 2.05) is 0 Å². The minimum absolute atomic E-state index is 0. The summed E-state index contributed by atoms with van der Waals surface area (Å²) in [5, 5.41) is 50.6. The van der Waals surface area contributed by atoms with E-state index in [1.165, 1.54) is 57.8 Å². The van der Waals surface area contributed by atoms with Gasteiger partial charge in [0.2, 0.25) is 0 Å². The van der Waals surface area contributed by atoms with Crippen LogP contribution in [0, 0.1) is 0 Å². The van der Waals surface area contributed by atoms with Gasteiger partial charge in [-0.2, -0.15) is 0 Å². The van der Waals surface area contributed by atoms with E-state index >= 15 is 0 Å². The molecular formula is C24H58O6. The summed E-state index contributed by atoms with van der Waals surface area (Å²) < 4.78 is 0. The number of aliphatic hydroxyl groups excluding tert-OH is 5. The van der Waals surface area contributed by atoms with Crippen molar-refractivity contribution in [1.29, 1.82) is 0 Å². The van der Waals surface area contributed by atoms with Crippen molar-refractivity contribution in [2.75, 3.05) is 33.0 Å². The summed E-state index contributed by atoms with van der Waals surface area (Å²) in [4.78, 5) is 0. The highest BCUT2D eigenvalue weighted by Crippen LogP contribution is 2.05. The van der Waals surface area contributed by atoms with Crippen molar-refractivity contribution in [1.82, 2.24) is 0 Å². The third kappa shape index (κ3) is 46.1. The quantitative estimate of drug-likeness (QED) is 0.209. The smallest absolute Gasteiger partial charge is 0.110 e. The Morgan fingerprint density at radius 3 is 0.833 bits per heavy atom. The van der Waals surface area contributed by atoms with Crippen LogP contribution in [0.25, 0.3) is 0 Å². The van der Waals surface area contributed by atoms with Crippen LogP contribution in [0.5, 0.6) is 0 Å². The average molecular weight is 443 g/mol. The zero-order chi connectivity index (χ0) is 23.2. The molecule has 0 amide bonds. The van der Waals surface area contributed by atoms with Crippen LogP contribution in [0.4, 0.5) is 0 Å². The molecule has 0 saturated heterocycles. The lowest BCUT2D eigenvalue weighted by Crippen LogP contribution is -2.36.